The third kappa shape index (κ3) is 5.38. The summed E-state index contributed by atoms with van der Waals surface area (Å²) in [7, 11) is 0. The van der Waals surface area contributed by atoms with Crippen LogP contribution >= 0.6 is 0 Å². The van der Waals surface area contributed by atoms with Crippen LogP contribution in [0.1, 0.15) is 48.9 Å². The Morgan fingerprint density at radius 2 is 1.07 bits per heavy atom. The molecule has 0 amide bonds. The fourth-order valence-corrected chi connectivity index (χ4v) is 9.24. The lowest BCUT2D eigenvalue weighted by molar-refractivity contribution is 0.660. The molecule has 0 fully saturated rings. The smallest absolute Gasteiger partial charge is 0.0618 e. The molecule has 10 rings (SSSR count). The minimum Gasteiger partial charge on any atom is -0.309 e. The standard InChI is InChI=1S/C53H43N/c1-53(2)49-23-13-22-45(38-15-5-3-6-16-38)51(49)48-33-31-44(35-50(48)53)54(43-29-26-37(27-30-43)42-25-24-36-14-9-10-20-41(36)34-42)52-46-21-12-11-19-40(46)28-32-47(52)39-17-7-4-8-18-39/h3-8,11-13,15-19,21-35H,9-10,14,20H2,1-2H3. The number of benzene rings is 8. The van der Waals surface area contributed by atoms with E-state index in [1.54, 1.807) is 0 Å². The van der Waals surface area contributed by atoms with Gasteiger partial charge in [-0.2, -0.15) is 0 Å². The maximum atomic E-state index is 2.51. The highest BCUT2D eigenvalue weighted by Gasteiger charge is 2.37. The maximum absolute atomic E-state index is 2.51. The van der Waals surface area contributed by atoms with Crippen LogP contribution in [0.15, 0.2) is 176 Å². The zero-order chi connectivity index (χ0) is 36.2. The summed E-state index contributed by atoms with van der Waals surface area (Å²) < 4.78 is 0. The van der Waals surface area contributed by atoms with E-state index in [4.69, 9.17) is 0 Å². The van der Waals surface area contributed by atoms with Crippen LogP contribution in [0.3, 0.4) is 0 Å². The van der Waals surface area contributed by atoms with Crippen molar-refractivity contribution in [3.63, 3.8) is 0 Å². The second kappa shape index (κ2) is 13.0. The molecule has 1 heteroatoms. The van der Waals surface area contributed by atoms with E-state index in [1.807, 2.05) is 0 Å². The molecule has 2 aliphatic rings. The first-order valence-corrected chi connectivity index (χ1v) is 19.5. The van der Waals surface area contributed by atoms with Crippen LogP contribution in [0.2, 0.25) is 0 Å². The summed E-state index contributed by atoms with van der Waals surface area (Å²) in [6.45, 7) is 4.78. The van der Waals surface area contributed by atoms with Crippen LogP contribution in [0.5, 0.6) is 0 Å². The Morgan fingerprint density at radius 3 is 1.85 bits per heavy atom. The summed E-state index contributed by atoms with van der Waals surface area (Å²) in [5, 5.41) is 2.45. The number of rotatable bonds is 6. The van der Waals surface area contributed by atoms with Crippen LogP contribution in [0.25, 0.3) is 55.3 Å². The van der Waals surface area contributed by atoms with Crippen LogP contribution in [-0.4, -0.2) is 0 Å². The predicted octanol–water partition coefficient (Wildman–Crippen LogP) is 14.5. The van der Waals surface area contributed by atoms with Crippen molar-refractivity contribution >= 4 is 27.8 Å². The first-order chi connectivity index (χ1) is 26.5. The first-order valence-electron chi connectivity index (χ1n) is 19.5. The number of hydrogen-bond acceptors (Lipinski definition) is 1. The Morgan fingerprint density at radius 1 is 0.426 bits per heavy atom. The molecule has 0 saturated carbocycles. The van der Waals surface area contributed by atoms with Gasteiger partial charge in [-0.1, -0.05) is 166 Å². The van der Waals surface area contributed by atoms with Gasteiger partial charge < -0.3 is 4.90 Å². The van der Waals surface area contributed by atoms with Gasteiger partial charge in [-0.05, 0) is 117 Å². The van der Waals surface area contributed by atoms with E-state index in [0.717, 1.165) is 11.4 Å². The zero-order valence-corrected chi connectivity index (χ0v) is 31.0. The third-order valence-corrected chi connectivity index (χ3v) is 12.0. The van der Waals surface area contributed by atoms with Gasteiger partial charge in [0.25, 0.3) is 0 Å². The molecule has 8 aromatic carbocycles. The molecule has 0 heterocycles. The van der Waals surface area contributed by atoms with E-state index in [0.29, 0.717) is 0 Å². The summed E-state index contributed by atoms with van der Waals surface area (Å²) in [4.78, 5) is 2.51. The number of anilines is 3. The van der Waals surface area contributed by atoms with Gasteiger partial charge in [0.1, 0.15) is 0 Å². The van der Waals surface area contributed by atoms with Gasteiger partial charge in [-0.15, -0.1) is 0 Å². The fraction of sp³-hybridized carbons (Fsp3) is 0.132. The largest absolute Gasteiger partial charge is 0.309 e. The molecule has 0 spiro atoms. The Bertz CT molecular complexity index is 2670. The van der Waals surface area contributed by atoms with Crippen LogP contribution in [0, 0.1) is 0 Å². The lowest BCUT2D eigenvalue weighted by Gasteiger charge is -2.31. The normalized spacial score (nSPS) is 14.0. The molecule has 0 unspecified atom stereocenters. The maximum Gasteiger partial charge on any atom is 0.0618 e. The topological polar surface area (TPSA) is 3.24 Å². The van der Waals surface area contributed by atoms with Crippen molar-refractivity contribution in [2.45, 2.75) is 44.9 Å². The Balaban J connectivity index is 1.18. The van der Waals surface area contributed by atoms with Gasteiger partial charge in [0.05, 0.1) is 5.69 Å². The molecule has 260 valence electrons. The van der Waals surface area contributed by atoms with Gasteiger partial charge >= 0.3 is 0 Å². The molecule has 0 aliphatic heterocycles. The van der Waals surface area contributed by atoms with Crippen molar-refractivity contribution in [2.24, 2.45) is 0 Å². The van der Waals surface area contributed by atoms with E-state index in [2.05, 4.69) is 195 Å². The molecule has 0 bridgehead atoms. The van der Waals surface area contributed by atoms with Crippen molar-refractivity contribution in [2.75, 3.05) is 4.90 Å². The highest BCUT2D eigenvalue weighted by atomic mass is 15.1. The number of hydrogen-bond donors (Lipinski definition) is 0. The van der Waals surface area contributed by atoms with Gasteiger partial charge in [-0.25, -0.2) is 0 Å². The Hall–Kier alpha value is -6.18. The van der Waals surface area contributed by atoms with E-state index in [9.17, 15) is 0 Å². The second-order valence-corrected chi connectivity index (χ2v) is 15.6. The Kier molecular flexibility index (Phi) is 7.84. The van der Waals surface area contributed by atoms with E-state index in [-0.39, 0.29) is 5.41 Å². The molecule has 8 aromatic rings. The van der Waals surface area contributed by atoms with Crippen LogP contribution in [0.4, 0.5) is 17.1 Å². The molecule has 0 N–H and O–H groups in total. The fourth-order valence-electron chi connectivity index (χ4n) is 9.24. The van der Waals surface area contributed by atoms with Gasteiger partial charge in [0.2, 0.25) is 0 Å². The van der Waals surface area contributed by atoms with Crippen LogP contribution < -0.4 is 4.90 Å². The van der Waals surface area contributed by atoms with Crippen molar-refractivity contribution in [3.8, 4) is 44.5 Å². The monoisotopic (exact) mass is 693 g/mol. The first kappa shape index (κ1) is 32.5. The van der Waals surface area contributed by atoms with E-state index in [1.165, 1.54) is 109 Å². The summed E-state index contributed by atoms with van der Waals surface area (Å²) in [6.07, 6.45) is 4.98. The lowest BCUT2D eigenvalue weighted by Crippen LogP contribution is -2.17. The SMILES string of the molecule is CC1(C)c2cc(N(c3ccc(-c4ccc5c(c4)CCCC5)cc3)c3c(-c4ccccc4)ccc4ccccc34)ccc2-c2c(-c3ccccc3)cccc21. The van der Waals surface area contributed by atoms with Gasteiger partial charge in [0.15, 0.2) is 0 Å². The molecule has 0 saturated heterocycles. The van der Waals surface area contributed by atoms with Crippen molar-refractivity contribution in [3.05, 3.63) is 198 Å². The molecule has 0 aromatic heterocycles. The molecular formula is C53H43N. The average molecular weight is 694 g/mol. The quantitative estimate of drug-likeness (QED) is 0.168. The molecule has 0 radical (unpaired) electrons. The average Bonchev–Trinajstić information content (AvgIpc) is 3.47. The molecule has 0 atom stereocenters. The summed E-state index contributed by atoms with van der Waals surface area (Å²) >= 11 is 0. The van der Waals surface area contributed by atoms with E-state index < -0.39 is 0 Å². The minimum atomic E-state index is -0.172. The number of aryl methyl sites for hydroxylation is 2. The van der Waals surface area contributed by atoms with Gasteiger partial charge in [-0.3, -0.25) is 0 Å². The molecular weight excluding hydrogens is 651 g/mol. The predicted molar refractivity (Wildman–Crippen MR) is 229 cm³/mol. The minimum absolute atomic E-state index is 0.172. The zero-order valence-electron chi connectivity index (χ0n) is 31.0. The highest BCUT2D eigenvalue weighted by molar-refractivity contribution is 6.06. The summed E-state index contributed by atoms with van der Waals surface area (Å²) in [6, 6.07) is 65.6. The summed E-state index contributed by atoms with van der Waals surface area (Å²) in [5.41, 5.74) is 19.3. The molecule has 54 heavy (non-hydrogen) atoms. The van der Waals surface area contributed by atoms with E-state index >= 15 is 0 Å². The van der Waals surface area contributed by atoms with Crippen molar-refractivity contribution in [1.82, 2.24) is 0 Å². The van der Waals surface area contributed by atoms with Crippen molar-refractivity contribution in [1.29, 1.82) is 0 Å². The lowest BCUT2D eigenvalue weighted by atomic mass is 9.81. The van der Waals surface area contributed by atoms with Crippen molar-refractivity contribution < 1.29 is 0 Å². The molecule has 1 nitrogen and oxygen atoms in total. The van der Waals surface area contributed by atoms with Gasteiger partial charge in [0, 0.05) is 27.7 Å². The second-order valence-electron chi connectivity index (χ2n) is 15.6. The Labute approximate surface area is 319 Å². The molecule has 2 aliphatic carbocycles. The number of nitrogens with zero attached hydrogens (tertiary/aromatic N) is 1. The van der Waals surface area contributed by atoms with Crippen LogP contribution in [-0.2, 0) is 18.3 Å². The highest BCUT2D eigenvalue weighted by Crippen LogP contribution is 2.54. The number of fused-ring (bicyclic) bond motifs is 5. The third-order valence-electron chi connectivity index (χ3n) is 12.0. The summed E-state index contributed by atoms with van der Waals surface area (Å²) in [5.74, 6) is 0.